The van der Waals surface area contributed by atoms with Gasteiger partial charge >= 0.3 is 0 Å². The van der Waals surface area contributed by atoms with E-state index in [1.54, 1.807) is 41.8 Å². The Bertz CT molecular complexity index is 411. The molecule has 0 saturated heterocycles. The van der Waals surface area contributed by atoms with Crippen LogP contribution >= 0.6 is 11.3 Å². The van der Waals surface area contributed by atoms with Gasteiger partial charge in [-0.05, 0) is 28.5 Å². The van der Waals surface area contributed by atoms with E-state index in [0.29, 0.717) is 5.69 Å². The van der Waals surface area contributed by atoms with Gasteiger partial charge in [-0.1, -0.05) is 30.2 Å². The third-order valence-corrected chi connectivity index (χ3v) is 2.88. The fraction of sp³-hybridized carbons (Fsp3) is 0.0909. The minimum absolute atomic E-state index is 0.242. The second-order valence-electron chi connectivity index (χ2n) is 3.08. The Hall–Kier alpha value is -1.36. The third-order valence-electron chi connectivity index (χ3n) is 1.93. The lowest BCUT2D eigenvalue weighted by Gasteiger charge is -2.49. The molecule has 4 heteroatoms. The topological polar surface area (TPSA) is 58.1 Å². The van der Waals surface area contributed by atoms with Crippen LogP contribution in [-0.2, 0) is 5.91 Å². The molecular weight excluding hydrogens is 210 g/mol. The fourth-order valence-electron chi connectivity index (χ4n) is 1.24. The second kappa shape index (κ2) is 4.02. The summed E-state index contributed by atoms with van der Waals surface area (Å²) in [5, 5.41) is 27.5. The van der Waals surface area contributed by atoms with Crippen molar-refractivity contribution in [1.82, 2.24) is 0 Å². The normalized spacial score (nSPS) is 11.3. The molecule has 0 saturated carbocycles. The molecule has 0 bridgehead atoms. The van der Waals surface area contributed by atoms with E-state index in [1.165, 1.54) is 0 Å². The zero-order chi connectivity index (χ0) is 10.7. The van der Waals surface area contributed by atoms with Crippen molar-refractivity contribution >= 4 is 17.0 Å². The van der Waals surface area contributed by atoms with Crippen molar-refractivity contribution in [2.45, 2.75) is 5.91 Å². The average molecular weight is 219 g/mol. The maximum atomic E-state index is 11.7. The molecule has 1 aromatic heterocycles. The van der Waals surface area contributed by atoms with Gasteiger partial charge in [0.2, 0.25) is 0 Å². The van der Waals surface area contributed by atoms with Crippen molar-refractivity contribution < 1.29 is 10.2 Å². The summed E-state index contributed by atoms with van der Waals surface area (Å²) in [5.41, 5.74) is 0.538. The molecule has 2 aromatic rings. The third kappa shape index (κ3) is 2.36. The Kier molecular flexibility index (Phi) is 2.73. The van der Waals surface area contributed by atoms with Crippen LogP contribution in [0.3, 0.4) is 0 Å². The van der Waals surface area contributed by atoms with Gasteiger partial charge in [-0.2, -0.15) is 0 Å². The van der Waals surface area contributed by atoms with Gasteiger partial charge in [-0.25, -0.2) is 0 Å². The van der Waals surface area contributed by atoms with Crippen molar-refractivity contribution in [2.24, 2.45) is 0 Å². The summed E-state index contributed by atoms with van der Waals surface area (Å²) < 4.78 is 0. The van der Waals surface area contributed by atoms with E-state index in [9.17, 15) is 10.2 Å². The van der Waals surface area contributed by atoms with Gasteiger partial charge in [-0.15, -0.1) is 11.3 Å². The smallest absolute Gasteiger partial charge is 0.0323 e. The lowest BCUT2D eigenvalue weighted by Crippen LogP contribution is -2.58. The van der Waals surface area contributed by atoms with Crippen molar-refractivity contribution in [2.75, 3.05) is 5.32 Å². The number of thiophene rings is 1. The van der Waals surface area contributed by atoms with Crippen molar-refractivity contribution in [1.29, 1.82) is 0 Å². The highest BCUT2D eigenvalue weighted by molar-refractivity contribution is 7.10. The van der Waals surface area contributed by atoms with E-state index >= 15 is 0 Å². The Balaban J connectivity index is 2.18. The van der Waals surface area contributed by atoms with Crippen LogP contribution in [0.5, 0.6) is 0 Å². The molecule has 0 aliphatic heterocycles. The SMILES string of the molecule is [O-]C([O-])(Nc1ccccc1)c1cccs1. The Morgan fingerprint density at radius 1 is 1.00 bits per heavy atom. The molecule has 0 spiro atoms. The first-order valence-corrected chi connectivity index (χ1v) is 5.34. The molecule has 78 valence electrons. The number of hydrogen-bond acceptors (Lipinski definition) is 4. The Labute approximate surface area is 91.6 Å². The molecule has 0 radical (unpaired) electrons. The first-order valence-electron chi connectivity index (χ1n) is 4.46. The number of rotatable bonds is 3. The maximum Gasteiger partial charge on any atom is 0.0323 e. The van der Waals surface area contributed by atoms with Crippen molar-refractivity contribution in [3.63, 3.8) is 0 Å². The fourth-order valence-corrected chi connectivity index (χ4v) is 1.91. The number of para-hydroxylation sites is 1. The van der Waals surface area contributed by atoms with E-state index in [0.717, 1.165) is 11.3 Å². The number of anilines is 1. The van der Waals surface area contributed by atoms with Gasteiger partial charge in [0.1, 0.15) is 0 Å². The quantitative estimate of drug-likeness (QED) is 0.773. The lowest BCUT2D eigenvalue weighted by molar-refractivity contribution is -0.723. The summed E-state index contributed by atoms with van der Waals surface area (Å²) in [7, 11) is 0. The second-order valence-corrected chi connectivity index (χ2v) is 4.03. The van der Waals surface area contributed by atoms with Crippen LogP contribution < -0.4 is 15.5 Å². The highest BCUT2D eigenvalue weighted by atomic mass is 32.1. The molecule has 15 heavy (non-hydrogen) atoms. The first kappa shape index (κ1) is 10.2. The van der Waals surface area contributed by atoms with E-state index in [1.807, 2.05) is 6.07 Å². The highest BCUT2D eigenvalue weighted by Crippen LogP contribution is 2.20. The van der Waals surface area contributed by atoms with Crippen molar-refractivity contribution in [3.05, 3.63) is 52.7 Å². The first-order chi connectivity index (χ1) is 7.18. The van der Waals surface area contributed by atoms with E-state index < -0.39 is 5.91 Å². The van der Waals surface area contributed by atoms with Crippen LogP contribution in [-0.4, -0.2) is 0 Å². The number of nitrogens with one attached hydrogen (secondary N) is 1. The van der Waals surface area contributed by atoms with Gasteiger partial charge in [0.05, 0.1) is 0 Å². The zero-order valence-corrected chi connectivity index (χ0v) is 8.66. The summed E-state index contributed by atoms with van der Waals surface area (Å²) in [6, 6.07) is 12.0. The molecule has 0 aliphatic rings. The van der Waals surface area contributed by atoms with Crippen LogP contribution in [0.15, 0.2) is 47.8 Å². The van der Waals surface area contributed by atoms with Gasteiger partial charge in [-0.3, -0.25) is 0 Å². The molecule has 1 aromatic carbocycles. The van der Waals surface area contributed by atoms with Gasteiger partial charge in [0.25, 0.3) is 0 Å². The summed E-state index contributed by atoms with van der Waals surface area (Å²) in [4.78, 5) is 0.242. The van der Waals surface area contributed by atoms with Gasteiger partial charge in [0.15, 0.2) is 0 Å². The van der Waals surface area contributed by atoms with Gasteiger partial charge < -0.3 is 15.5 Å². The molecule has 3 nitrogen and oxygen atoms in total. The molecule has 0 aliphatic carbocycles. The maximum absolute atomic E-state index is 11.7. The summed E-state index contributed by atoms with van der Waals surface area (Å²) in [6.45, 7) is 0. The molecule has 0 fully saturated rings. The van der Waals surface area contributed by atoms with Crippen LogP contribution in [0.2, 0.25) is 0 Å². The molecule has 0 atom stereocenters. The summed E-state index contributed by atoms with van der Waals surface area (Å²) in [5.74, 6) is -2.50. The zero-order valence-electron chi connectivity index (χ0n) is 7.84. The lowest BCUT2D eigenvalue weighted by atomic mass is 10.3. The largest absolute Gasteiger partial charge is 0.843 e. The number of benzene rings is 1. The van der Waals surface area contributed by atoms with E-state index in [2.05, 4.69) is 5.32 Å². The van der Waals surface area contributed by atoms with Crippen LogP contribution in [0.1, 0.15) is 4.88 Å². The minimum atomic E-state index is -2.50. The predicted octanol–water partition coefficient (Wildman–Crippen LogP) is 0.691. The molecule has 1 heterocycles. The molecular formula is C11H9NO2S-2. The average Bonchev–Trinajstić information content (AvgIpc) is 2.71. The summed E-state index contributed by atoms with van der Waals surface area (Å²) >= 11 is 1.16. The monoisotopic (exact) mass is 219 g/mol. The Morgan fingerprint density at radius 2 is 1.73 bits per heavy atom. The minimum Gasteiger partial charge on any atom is -0.843 e. The van der Waals surface area contributed by atoms with E-state index in [4.69, 9.17) is 0 Å². The molecule has 2 rings (SSSR count). The molecule has 0 unspecified atom stereocenters. The van der Waals surface area contributed by atoms with Crippen LogP contribution in [0, 0.1) is 0 Å². The highest BCUT2D eigenvalue weighted by Gasteiger charge is 2.05. The summed E-state index contributed by atoms with van der Waals surface area (Å²) in [6.07, 6.45) is 0. The molecule has 1 N–H and O–H groups in total. The predicted molar refractivity (Wildman–Crippen MR) is 56.1 cm³/mol. The standard InChI is InChI=1S/C11H9NO2S/c13-11(14,10-7-4-8-15-10)12-9-5-2-1-3-6-9/h1-8,12H/q-2. The van der Waals surface area contributed by atoms with Crippen LogP contribution in [0.25, 0.3) is 0 Å². The van der Waals surface area contributed by atoms with Crippen molar-refractivity contribution in [3.8, 4) is 0 Å². The Morgan fingerprint density at radius 3 is 2.33 bits per heavy atom. The van der Waals surface area contributed by atoms with E-state index in [-0.39, 0.29) is 4.88 Å². The molecule has 0 amide bonds. The van der Waals surface area contributed by atoms with Crippen LogP contribution in [0.4, 0.5) is 5.69 Å². The number of hydrogen-bond donors (Lipinski definition) is 1. The van der Waals surface area contributed by atoms with Gasteiger partial charge in [0, 0.05) is 5.69 Å².